The Kier molecular flexibility index (Phi) is 12.7. The van der Waals surface area contributed by atoms with Gasteiger partial charge in [0.05, 0.1) is 11.3 Å². The zero-order chi connectivity index (χ0) is 26.6. The summed E-state index contributed by atoms with van der Waals surface area (Å²) in [4.78, 5) is 26.9. The van der Waals surface area contributed by atoms with E-state index >= 15 is 0 Å². The van der Waals surface area contributed by atoms with E-state index in [1.807, 2.05) is 32.9 Å². The number of amides is 1. The Morgan fingerprint density at radius 1 is 1.06 bits per heavy atom. The maximum Gasteiger partial charge on any atom is 0.309 e. The van der Waals surface area contributed by atoms with Gasteiger partial charge in [0.1, 0.15) is 5.60 Å². The summed E-state index contributed by atoms with van der Waals surface area (Å²) < 4.78 is 11.0. The van der Waals surface area contributed by atoms with Gasteiger partial charge in [-0.05, 0) is 89.8 Å². The minimum atomic E-state index is -0.553. The standard InChI is InChI=1S/C30H48ClNO4/c1-6-7-12-26(13-10-11-23-14-16-25(31)17-15-23)32-28(34)30(19-8-9-20-30)22-24(18-21-35-5)27(33)36-29(2,3)4/h14-17,24,26H,6-13,18-22H2,1-5H3,(H,32,34)/t24-,26+/m1/s1. The Morgan fingerprint density at radius 2 is 1.69 bits per heavy atom. The van der Waals surface area contributed by atoms with Crippen molar-refractivity contribution in [3.8, 4) is 0 Å². The molecule has 36 heavy (non-hydrogen) atoms. The fourth-order valence-electron chi connectivity index (χ4n) is 5.28. The highest BCUT2D eigenvalue weighted by Gasteiger charge is 2.45. The van der Waals surface area contributed by atoms with Gasteiger partial charge in [-0.2, -0.15) is 0 Å². The number of esters is 1. The van der Waals surface area contributed by atoms with Crippen LogP contribution in [0.4, 0.5) is 0 Å². The van der Waals surface area contributed by atoms with Gasteiger partial charge in [0, 0.05) is 24.8 Å². The average molecular weight is 522 g/mol. The van der Waals surface area contributed by atoms with E-state index in [1.165, 1.54) is 5.56 Å². The third kappa shape index (κ3) is 10.4. The quantitative estimate of drug-likeness (QED) is 0.246. The molecule has 1 aromatic carbocycles. The van der Waals surface area contributed by atoms with E-state index in [4.69, 9.17) is 21.1 Å². The summed E-state index contributed by atoms with van der Waals surface area (Å²) in [7, 11) is 1.65. The summed E-state index contributed by atoms with van der Waals surface area (Å²) in [6, 6.07) is 8.17. The van der Waals surface area contributed by atoms with Crippen LogP contribution in [0.1, 0.15) is 104 Å². The summed E-state index contributed by atoms with van der Waals surface area (Å²) in [6.45, 7) is 8.33. The predicted molar refractivity (Wildman–Crippen MR) is 147 cm³/mol. The molecule has 1 aliphatic rings. The Labute approximate surface area is 224 Å². The molecule has 0 spiro atoms. The van der Waals surface area contributed by atoms with Crippen molar-refractivity contribution < 1.29 is 19.1 Å². The van der Waals surface area contributed by atoms with Crippen LogP contribution in [0.3, 0.4) is 0 Å². The number of ether oxygens (including phenoxy) is 2. The first-order valence-electron chi connectivity index (χ1n) is 13.9. The maximum absolute atomic E-state index is 13.8. The van der Waals surface area contributed by atoms with Gasteiger partial charge in [-0.3, -0.25) is 9.59 Å². The summed E-state index contributed by atoms with van der Waals surface area (Å²) in [6.07, 6.45) is 10.9. The fourth-order valence-corrected chi connectivity index (χ4v) is 5.40. The molecule has 204 valence electrons. The number of benzene rings is 1. The molecule has 1 amide bonds. The number of carbonyl (C=O) groups excluding carboxylic acids is 2. The molecule has 0 aromatic heterocycles. The Balaban J connectivity index is 2.08. The van der Waals surface area contributed by atoms with E-state index in [2.05, 4.69) is 24.4 Å². The molecule has 0 radical (unpaired) electrons. The third-order valence-electron chi connectivity index (χ3n) is 7.26. The van der Waals surface area contributed by atoms with E-state index in [0.717, 1.165) is 69.2 Å². The van der Waals surface area contributed by atoms with Crippen LogP contribution in [0.2, 0.25) is 5.02 Å². The topological polar surface area (TPSA) is 64.6 Å². The lowest BCUT2D eigenvalue weighted by Crippen LogP contribution is -2.46. The van der Waals surface area contributed by atoms with Crippen molar-refractivity contribution in [3.05, 3.63) is 34.9 Å². The highest BCUT2D eigenvalue weighted by Crippen LogP contribution is 2.44. The first-order chi connectivity index (χ1) is 17.1. The molecule has 1 aliphatic carbocycles. The van der Waals surface area contributed by atoms with Crippen molar-refractivity contribution in [2.75, 3.05) is 13.7 Å². The van der Waals surface area contributed by atoms with E-state index < -0.39 is 11.0 Å². The number of methoxy groups -OCH3 is 1. The number of aryl methyl sites for hydroxylation is 1. The lowest BCUT2D eigenvalue weighted by molar-refractivity contribution is -0.162. The molecule has 1 saturated carbocycles. The second kappa shape index (κ2) is 15.0. The van der Waals surface area contributed by atoms with Gasteiger partial charge >= 0.3 is 5.97 Å². The molecule has 5 nitrogen and oxygen atoms in total. The number of nitrogens with one attached hydrogen (secondary N) is 1. The molecule has 2 atom stereocenters. The molecular formula is C30H48ClNO4. The first kappa shape index (κ1) is 30.6. The number of hydrogen-bond donors (Lipinski definition) is 1. The molecule has 0 heterocycles. The largest absolute Gasteiger partial charge is 0.460 e. The smallest absolute Gasteiger partial charge is 0.309 e. The molecular weight excluding hydrogens is 474 g/mol. The Morgan fingerprint density at radius 3 is 2.28 bits per heavy atom. The van der Waals surface area contributed by atoms with Crippen molar-refractivity contribution >= 4 is 23.5 Å². The van der Waals surface area contributed by atoms with Gasteiger partial charge in [-0.1, -0.05) is 56.3 Å². The zero-order valence-corrected chi connectivity index (χ0v) is 23.9. The molecule has 2 rings (SSSR count). The maximum atomic E-state index is 13.8. The van der Waals surface area contributed by atoms with E-state index in [-0.39, 0.29) is 23.8 Å². The second-order valence-corrected chi connectivity index (χ2v) is 12.0. The monoisotopic (exact) mass is 521 g/mol. The predicted octanol–water partition coefficient (Wildman–Crippen LogP) is 7.28. The minimum absolute atomic E-state index is 0.124. The average Bonchev–Trinajstić information content (AvgIpc) is 3.30. The highest BCUT2D eigenvalue weighted by molar-refractivity contribution is 6.30. The number of unbranched alkanes of at least 4 members (excludes halogenated alkanes) is 1. The van der Waals surface area contributed by atoms with Crippen LogP contribution in [-0.4, -0.2) is 37.2 Å². The van der Waals surface area contributed by atoms with Crippen molar-refractivity contribution in [2.45, 2.75) is 116 Å². The van der Waals surface area contributed by atoms with Gasteiger partial charge in [-0.25, -0.2) is 0 Å². The molecule has 6 heteroatoms. The van der Waals surface area contributed by atoms with Crippen molar-refractivity contribution in [2.24, 2.45) is 11.3 Å². The van der Waals surface area contributed by atoms with Gasteiger partial charge < -0.3 is 14.8 Å². The van der Waals surface area contributed by atoms with E-state index in [9.17, 15) is 9.59 Å². The van der Waals surface area contributed by atoms with Crippen LogP contribution in [0.5, 0.6) is 0 Å². The van der Waals surface area contributed by atoms with Crippen LogP contribution < -0.4 is 5.32 Å². The van der Waals surface area contributed by atoms with Crippen LogP contribution >= 0.6 is 11.6 Å². The lowest BCUT2D eigenvalue weighted by Gasteiger charge is -2.34. The highest BCUT2D eigenvalue weighted by atomic mass is 35.5. The van der Waals surface area contributed by atoms with Crippen LogP contribution in [0.25, 0.3) is 0 Å². The SMILES string of the molecule is CCCC[C@@H](CCCc1ccc(Cl)cc1)NC(=O)C1(C[C@@H](CCOC)C(=O)OC(C)(C)C)CCCC1. The molecule has 1 fully saturated rings. The summed E-state index contributed by atoms with van der Waals surface area (Å²) in [5.74, 6) is -0.435. The van der Waals surface area contributed by atoms with Gasteiger partial charge in [-0.15, -0.1) is 0 Å². The van der Waals surface area contributed by atoms with E-state index in [0.29, 0.717) is 19.4 Å². The number of halogens is 1. The van der Waals surface area contributed by atoms with Crippen molar-refractivity contribution in [1.82, 2.24) is 5.32 Å². The summed E-state index contributed by atoms with van der Waals surface area (Å²) in [5, 5.41) is 4.19. The molecule has 0 unspecified atom stereocenters. The number of rotatable bonds is 15. The van der Waals surface area contributed by atoms with E-state index in [1.54, 1.807) is 7.11 Å². The summed E-state index contributed by atoms with van der Waals surface area (Å²) >= 11 is 6.02. The normalized spacial score (nSPS) is 16.9. The van der Waals surface area contributed by atoms with Gasteiger partial charge in [0.25, 0.3) is 0 Å². The fraction of sp³-hybridized carbons (Fsp3) is 0.733. The Hall–Kier alpha value is -1.59. The molecule has 0 aliphatic heterocycles. The second-order valence-electron chi connectivity index (χ2n) is 11.5. The molecule has 0 saturated heterocycles. The van der Waals surface area contributed by atoms with Crippen LogP contribution in [0.15, 0.2) is 24.3 Å². The lowest BCUT2D eigenvalue weighted by atomic mass is 9.75. The van der Waals surface area contributed by atoms with Gasteiger partial charge in [0.15, 0.2) is 0 Å². The molecule has 1 aromatic rings. The number of carbonyl (C=O) groups is 2. The number of hydrogen-bond acceptors (Lipinski definition) is 4. The third-order valence-corrected chi connectivity index (χ3v) is 7.51. The molecule has 0 bridgehead atoms. The Bertz CT molecular complexity index is 796. The minimum Gasteiger partial charge on any atom is -0.460 e. The van der Waals surface area contributed by atoms with Crippen molar-refractivity contribution in [3.63, 3.8) is 0 Å². The van der Waals surface area contributed by atoms with Gasteiger partial charge in [0.2, 0.25) is 5.91 Å². The van der Waals surface area contributed by atoms with Crippen LogP contribution in [0, 0.1) is 11.3 Å². The van der Waals surface area contributed by atoms with Crippen LogP contribution in [-0.2, 0) is 25.5 Å². The first-order valence-corrected chi connectivity index (χ1v) is 14.2. The van der Waals surface area contributed by atoms with Crippen molar-refractivity contribution in [1.29, 1.82) is 0 Å². The molecule has 1 N–H and O–H groups in total. The summed E-state index contributed by atoms with van der Waals surface area (Å²) in [5.41, 5.74) is 0.212. The zero-order valence-electron chi connectivity index (χ0n) is 23.2.